The number of anilines is 1. The molecule has 1 fully saturated rings. The molecule has 2 amide bonds. The van der Waals surface area contributed by atoms with Crippen LogP contribution in [0.3, 0.4) is 0 Å². The number of halogens is 3. The third-order valence-electron chi connectivity index (χ3n) is 3.80. The molecule has 2 N–H and O–H groups in total. The van der Waals surface area contributed by atoms with Crippen LogP contribution in [0.15, 0.2) is 6.20 Å². The van der Waals surface area contributed by atoms with Crippen LogP contribution in [0.2, 0.25) is 0 Å². The normalized spacial score (nSPS) is 21.8. The van der Waals surface area contributed by atoms with E-state index in [2.05, 4.69) is 10.3 Å². The zero-order valence-corrected chi connectivity index (χ0v) is 14.2. The Morgan fingerprint density at radius 3 is 2.38 bits per heavy atom. The second-order valence-electron chi connectivity index (χ2n) is 6.71. The van der Waals surface area contributed by atoms with E-state index < -0.39 is 43.1 Å². The van der Waals surface area contributed by atoms with Crippen molar-refractivity contribution in [3.8, 4) is 0 Å². The third kappa shape index (κ3) is 3.97. The van der Waals surface area contributed by atoms with Crippen molar-refractivity contribution in [3.63, 3.8) is 0 Å². The van der Waals surface area contributed by atoms with Gasteiger partial charge in [-0.15, -0.1) is 11.3 Å². The molecule has 24 heavy (non-hydrogen) atoms. The number of hydrogen-bond donors (Lipinski definition) is 2. The Kier molecular flexibility index (Phi) is 4.80. The standard InChI is InChI=1S/C14H18F3N3O3S/c1-13(2,3)9-4-18-11(24-9)19-12(23)20-5-7(10(21)22)8(6-20)14(15,16)17/h4,7-8H,5-6H2,1-3H3,(H,21,22)(H,18,19,23)/t7-,8-/m1/s1. The molecule has 2 rings (SSSR count). The summed E-state index contributed by atoms with van der Waals surface area (Å²) in [5.41, 5.74) is -0.163. The van der Waals surface area contributed by atoms with E-state index in [1.807, 2.05) is 20.8 Å². The number of nitrogens with zero attached hydrogens (tertiary/aromatic N) is 2. The highest BCUT2D eigenvalue weighted by Crippen LogP contribution is 2.38. The Bertz CT molecular complexity index is 639. The number of carboxylic acid groups (broad SMARTS) is 1. The van der Waals surface area contributed by atoms with E-state index in [-0.39, 0.29) is 10.5 Å². The Balaban J connectivity index is 2.08. The number of aromatic nitrogens is 1. The topological polar surface area (TPSA) is 82.5 Å². The molecule has 6 nitrogen and oxygen atoms in total. The first-order chi connectivity index (χ1) is 10.9. The first kappa shape index (κ1) is 18.5. The Morgan fingerprint density at radius 2 is 1.96 bits per heavy atom. The van der Waals surface area contributed by atoms with Gasteiger partial charge in [0, 0.05) is 24.2 Å². The molecule has 0 radical (unpaired) electrons. The summed E-state index contributed by atoms with van der Waals surface area (Å²) < 4.78 is 38.8. The summed E-state index contributed by atoms with van der Waals surface area (Å²) in [6.45, 7) is 4.75. The van der Waals surface area contributed by atoms with Gasteiger partial charge >= 0.3 is 18.2 Å². The zero-order chi connectivity index (χ0) is 18.3. The number of amides is 2. The summed E-state index contributed by atoms with van der Waals surface area (Å²) in [6.07, 6.45) is -3.07. The van der Waals surface area contributed by atoms with Gasteiger partial charge in [0.15, 0.2) is 5.13 Å². The van der Waals surface area contributed by atoms with Crippen LogP contribution in [-0.2, 0) is 10.2 Å². The number of urea groups is 1. The van der Waals surface area contributed by atoms with Crippen molar-refractivity contribution < 1.29 is 27.9 Å². The summed E-state index contributed by atoms with van der Waals surface area (Å²) in [5.74, 6) is -5.28. The average molecular weight is 365 g/mol. The number of likely N-dealkylation sites (tertiary alicyclic amines) is 1. The number of carbonyl (C=O) groups excluding carboxylic acids is 1. The quantitative estimate of drug-likeness (QED) is 0.843. The van der Waals surface area contributed by atoms with Gasteiger partial charge < -0.3 is 10.0 Å². The van der Waals surface area contributed by atoms with Crippen LogP contribution in [0, 0.1) is 11.8 Å². The molecule has 1 aliphatic rings. The molecule has 1 aromatic heterocycles. The first-order valence-corrected chi connectivity index (χ1v) is 8.03. The van der Waals surface area contributed by atoms with Crippen molar-refractivity contribution in [1.29, 1.82) is 0 Å². The van der Waals surface area contributed by atoms with Gasteiger partial charge in [0.25, 0.3) is 0 Å². The highest BCUT2D eigenvalue weighted by Gasteiger charge is 2.53. The smallest absolute Gasteiger partial charge is 0.394 e. The van der Waals surface area contributed by atoms with Gasteiger partial charge in [-0.2, -0.15) is 13.2 Å². The van der Waals surface area contributed by atoms with Gasteiger partial charge in [0.05, 0.1) is 11.8 Å². The van der Waals surface area contributed by atoms with Crippen LogP contribution in [0.4, 0.5) is 23.1 Å². The minimum atomic E-state index is -4.67. The van der Waals surface area contributed by atoms with Crippen molar-refractivity contribution >= 4 is 28.5 Å². The Morgan fingerprint density at radius 1 is 1.33 bits per heavy atom. The molecule has 0 spiro atoms. The molecule has 2 heterocycles. The SMILES string of the molecule is CC(C)(C)c1cnc(NC(=O)N2C[C@@H](C(F)(F)F)[C@H](C(=O)O)C2)s1. The second-order valence-corrected chi connectivity index (χ2v) is 7.74. The molecule has 0 aromatic carbocycles. The number of thiazole rings is 1. The maximum Gasteiger partial charge on any atom is 0.394 e. The molecule has 1 aromatic rings. The molecule has 0 unspecified atom stereocenters. The van der Waals surface area contributed by atoms with Crippen LogP contribution < -0.4 is 5.32 Å². The molecule has 0 bridgehead atoms. The van der Waals surface area contributed by atoms with Gasteiger partial charge in [-0.25, -0.2) is 9.78 Å². The summed E-state index contributed by atoms with van der Waals surface area (Å²) in [4.78, 5) is 29.0. The van der Waals surface area contributed by atoms with E-state index in [4.69, 9.17) is 5.11 Å². The summed E-state index contributed by atoms with van der Waals surface area (Å²) in [7, 11) is 0. The molecule has 2 atom stereocenters. The van der Waals surface area contributed by atoms with Crippen LogP contribution in [0.25, 0.3) is 0 Å². The lowest BCUT2D eigenvalue weighted by atomic mass is 9.96. The highest BCUT2D eigenvalue weighted by atomic mass is 32.1. The molecule has 10 heteroatoms. The van der Waals surface area contributed by atoms with Crippen LogP contribution in [0.5, 0.6) is 0 Å². The molecular weight excluding hydrogens is 347 g/mol. The Labute approximate surface area is 140 Å². The van der Waals surface area contributed by atoms with Crippen molar-refractivity contribution in [1.82, 2.24) is 9.88 Å². The minimum Gasteiger partial charge on any atom is -0.481 e. The largest absolute Gasteiger partial charge is 0.481 e. The van der Waals surface area contributed by atoms with Gasteiger partial charge in [-0.05, 0) is 5.41 Å². The fraction of sp³-hybridized carbons (Fsp3) is 0.643. The monoisotopic (exact) mass is 365 g/mol. The summed E-state index contributed by atoms with van der Waals surface area (Å²) in [5, 5.41) is 11.7. The number of nitrogens with one attached hydrogen (secondary N) is 1. The van der Waals surface area contributed by atoms with Crippen molar-refractivity contribution in [2.45, 2.75) is 32.4 Å². The Hall–Kier alpha value is -1.84. The molecular formula is C14H18F3N3O3S. The van der Waals surface area contributed by atoms with Gasteiger partial charge in [0.2, 0.25) is 0 Å². The fourth-order valence-electron chi connectivity index (χ4n) is 2.40. The van der Waals surface area contributed by atoms with Crippen molar-refractivity contribution in [2.24, 2.45) is 11.8 Å². The number of rotatable bonds is 2. The van der Waals surface area contributed by atoms with Crippen molar-refractivity contribution in [2.75, 3.05) is 18.4 Å². The lowest BCUT2D eigenvalue weighted by Crippen LogP contribution is -2.35. The number of hydrogen-bond acceptors (Lipinski definition) is 4. The predicted molar refractivity (Wildman–Crippen MR) is 82.1 cm³/mol. The van der Waals surface area contributed by atoms with E-state index >= 15 is 0 Å². The number of aliphatic carboxylic acids is 1. The van der Waals surface area contributed by atoms with E-state index in [0.717, 1.165) is 9.78 Å². The van der Waals surface area contributed by atoms with Gasteiger partial charge in [-0.3, -0.25) is 10.1 Å². The number of alkyl halides is 3. The number of carboxylic acids is 1. The molecule has 1 aliphatic heterocycles. The van der Waals surface area contributed by atoms with Crippen LogP contribution >= 0.6 is 11.3 Å². The molecule has 0 saturated carbocycles. The predicted octanol–water partition coefficient (Wildman–Crippen LogP) is 3.17. The van der Waals surface area contributed by atoms with Crippen molar-refractivity contribution in [3.05, 3.63) is 11.1 Å². The van der Waals surface area contributed by atoms with E-state index in [1.165, 1.54) is 11.3 Å². The minimum absolute atomic E-state index is 0.163. The van der Waals surface area contributed by atoms with Crippen LogP contribution in [0.1, 0.15) is 25.6 Å². The maximum atomic E-state index is 12.9. The summed E-state index contributed by atoms with van der Waals surface area (Å²) >= 11 is 1.23. The zero-order valence-electron chi connectivity index (χ0n) is 13.3. The number of carbonyl (C=O) groups is 2. The van der Waals surface area contributed by atoms with E-state index in [9.17, 15) is 22.8 Å². The summed E-state index contributed by atoms with van der Waals surface area (Å²) in [6, 6.07) is -0.775. The fourth-order valence-corrected chi connectivity index (χ4v) is 3.26. The van der Waals surface area contributed by atoms with E-state index in [0.29, 0.717) is 0 Å². The van der Waals surface area contributed by atoms with Gasteiger partial charge in [-0.1, -0.05) is 20.8 Å². The molecule has 0 aliphatic carbocycles. The molecule has 1 saturated heterocycles. The highest BCUT2D eigenvalue weighted by molar-refractivity contribution is 7.15. The second kappa shape index (κ2) is 6.23. The maximum absolute atomic E-state index is 12.9. The first-order valence-electron chi connectivity index (χ1n) is 7.21. The average Bonchev–Trinajstić information content (AvgIpc) is 3.02. The van der Waals surface area contributed by atoms with E-state index in [1.54, 1.807) is 6.20 Å². The lowest BCUT2D eigenvalue weighted by molar-refractivity contribution is -0.187. The van der Waals surface area contributed by atoms with Gasteiger partial charge in [0.1, 0.15) is 0 Å². The van der Waals surface area contributed by atoms with Crippen LogP contribution in [-0.4, -0.2) is 46.3 Å². The molecule has 134 valence electrons. The lowest BCUT2D eigenvalue weighted by Gasteiger charge is -2.18. The third-order valence-corrected chi connectivity index (χ3v) is 5.14.